The van der Waals surface area contributed by atoms with Gasteiger partial charge in [0.15, 0.2) is 0 Å². The first-order chi connectivity index (χ1) is 6.67. The number of benzene rings is 1. The van der Waals surface area contributed by atoms with Crippen LogP contribution in [0.2, 0.25) is 5.02 Å². The first kappa shape index (κ1) is 11.5. The van der Waals surface area contributed by atoms with Crippen molar-refractivity contribution in [2.24, 2.45) is 11.7 Å². The first-order valence-electron chi connectivity index (χ1n) is 4.81. The lowest BCUT2D eigenvalue weighted by molar-refractivity contribution is 0.516. The van der Waals surface area contributed by atoms with Crippen LogP contribution >= 0.6 is 11.6 Å². The van der Waals surface area contributed by atoms with Gasteiger partial charge in [0.1, 0.15) is 5.82 Å². The van der Waals surface area contributed by atoms with E-state index in [2.05, 4.69) is 6.92 Å². The molecule has 1 aromatic carbocycles. The minimum absolute atomic E-state index is 0.240. The fourth-order valence-electron chi connectivity index (χ4n) is 1.41. The Hall–Kier alpha value is -0.600. The van der Waals surface area contributed by atoms with Gasteiger partial charge in [0, 0.05) is 5.02 Å². The summed E-state index contributed by atoms with van der Waals surface area (Å²) in [6, 6.07) is 4.45. The fourth-order valence-corrected chi connectivity index (χ4v) is 1.60. The minimum atomic E-state index is -0.240. The lowest BCUT2D eigenvalue weighted by Crippen LogP contribution is -2.16. The molecule has 78 valence electrons. The maximum absolute atomic E-state index is 12.9. The van der Waals surface area contributed by atoms with E-state index in [-0.39, 0.29) is 5.82 Å². The molecule has 2 N–H and O–H groups in total. The smallest absolute Gasteiger partial charge is 0.123 e. The molecule has 1 nitrogen and oxygen atoms in total. The molecule has 0 aliphatic heterocycles. The third kappa shape index (κ3) is 2.96. The molecular formula is C11H15ClFN. The van der Waals surface area contributed by atoms with Crippen molar-refractivity contribution in [2.75, 3.05) is 6.54 Å². The topological polar surface area (TPSA) is 26.0 Å². The summed E-state index contributed by atoms with van der Waals surface area (Å²) in [6.07, 6.45) is 1.74. The number of nitrogens with two attached hydrogens (primary N) is 1. The van der Waals surface area contributed by atoms with Crippen molar-refractivity contribution < 1.29 is 4.39 Å². The summed E-state index contributed by atoms with van der Waals surface area (Å²) in [6.45, 7) is 2.69. The summed E-state index contributed by atoms with van der Waals surface area (Å²) in [5.74, 6) is 0.144. The highest BCUT2D eigenvalue weighted by Crippen LogP contribution is 2.21. The zero-order chi connectivity index (χ0) is 10.6. The summed E-state index contributed by atoms with van der Waals surface area (Å²) in [5, 5.41) is 0.623. The predicted octanol–water partition coefficient (Wildman–Crippen LogP) is 3.01. The third-order valence-electron chi connectivity index (χ3n) is 2.43. The molecule has 0 aromatic heterocycles. The maximum atomic E-state index is 12.9. The van der Waals surface area contributed by atoms with Crippen LogP contribution in [0.15, 0.2) is 18.2 Å². The standard InChI is InChI=1S/C11H15ClFN/c1-2-8(7-14)5-9-6-10(13)3-4-11(9)12/h3-4,6,8H,2,5,7,14H2,1H3. The maximum Gasteiger partial charge on any atom is 0.123 e. The number of halogens is 2. The average Bonchev–Trinajstić information content (AvgIpc) is 2.19. The Labute approximate surface area is 89.1 Å². The number of hydrogen-bond acceptors (Lipinski definition) is 1. The summed E-state index contributed by atoms with van der Waals surface area (Å²) in [5.41, 5.74) is 6.43. The molecule has 0 aliphatic rings. The monoisotopic (exact) mass is 215 g/mol. The van der Waals surface area contributed by atoms with E-state index < -0.39 is 0 Å². The molecule has 0 spiro atoms. The van der Waals surface area contributed by atoms with Gasteiger partial charge < -0.3 is 5.73 Å². The Kier molecular flexibility index (Phi) is 4.36. The summed E-state index contributed by atoms with van der Waals surface area (Å²) >= 11 is 5.95. The van der Waals surface area contributed by atoms with E-state index in [4.69, 9.17) is 17.3 Å². The van der Waals surface area contributed by atoms with Crippen LogP contribution in [-0.4, -0.2) is 6.54 Å². The number of hydrogen-bond donors (Lipinski definition) is 1. The summed E-state index contributed by atoms with van der Waals surface area (Å²) < 4.78 is 12.9. The van der Waals surface area contributed by atoms with Crippen LogP contribution < -0.4 is 5.73 Å². The highest BCUT2D eigenvalue weighted by Gasteiger charge is 2.08. The van der Waals surface area contributed by atoms with Crippen LogP contribution in [0.4, 0.5) is 4.39 Å². The van der Waals surface area contributed by atoms with Crippen molar-refractivity contribution >= 4 is 11.6 Å². The Bertz CT molecular complexity index is 297. The molecule has 1 unspecified atom stereocenters. The van der Waals surface area contributed by atoms with Crippen LogP contribution in [0.25, 0.3) is 0 Å². The Morgan fingerprint density at radius 1 is 1.50 bits per heavy atom. The lowest BCUT2D eigenvalue weighted by atomic mass is 9.97. The quantitative estimate of drug-likeness (QED) is 0.821. The molecule has 0 saturated heterocycles. The van der Waals surface area contributed by atoms with Gasteiger partial charge in [0.05, 0.1) is 0 Å². The molecule has 1 rings (SSSR count). The Balaban J connectivity index is 2.79. The van der Waals surface area contributed by atoms with Gasteiger partial charge in [-0.2, -0.15) is 0 Å². The molecule has 14 heavy (non-hydrogen) atoms. The van der Waals surface area contributed by atoms with Gasteiger partial charge in [-0.05, 0) is 42.6 Å². The van der Waals surface area contributed by atoms with Gasteiger partial charge in [0.2, 0.25) is 0 Å². The van der Waals surface area contributed by atoms with Crippen molar-refractivity contribution in [1.29, 1.82) is 0 Å². The van der Waals surface area contributed by atoms with E-state index in [1.54, 1.807) is 6.07 Å². The third-order valence-corrected chi connectivity index (χ3v) is 2.80. The van der Waals surface area contributed by atoms with Crippen molar-refractivity contribution in [3.05, 3.63) is 34.6 Å². The number of rotatable bonds is 4. The SMILES string of the molecule is CCC(CN)Cc1cc(F)ccc1Cl. The molecule has 1 aromatic rings. The van der Waals surface area contributed by atoms with Gasteiger partial charge in [-0.1, -0.05) is 24.9 Å². The molecule has 0 heterocycles. The summed E-state index contributed by atoms with van der Waals surface area (Å²) in [4.78, 5) is 0. The van der Waals surface area contributed by atoms with E-state index in [9.17, 15) is 4.39 Å². The second-order valence-electron chi connectivity index (χ2n) is 3.45. The van der Waals surface area contributed by atoms with Crippen LogP contribution in [0.3, 0.4) is 0 Å². The zero-order valence-corrected chi connectivity index (χ0v) is 9.02. The highest BCUT2D eigenvalue weighted by atomic mass is 35.5. The van der Waals surface area contributed by atoms with Gasteiger partial charge >= 0.3 is 0 Å². The van der Waals surface area contributed by atoms with E-state index in [1.807, 2.05) is 0 Å². The molecule has 0 aliphatic carbocycles. The second kappa shape index (κ2) is 5.32. The van der Waals surface area contributed by atoms with Crippen molar-refractivity contribution in [2.45, 2.75) is 19.8 Å². The van der Waals surface area contributed by atoms with Gasteiger partial charge in [0.25, 0.3) is 0 Å². The van der Waals surface area contributed by atoms with Crippen LogP contribution in [0.5, 0.6) is 0 Å². The molecule has 1 atom stereocenters. The fraction of sp³-hybridized carbons (Fsp3) is 0.455. The van der Waals surface area contributed by atoms with Gasteiger partial charge in [-0.15, -0.1) is 0 Å². The van der Waals surface area contributed by atoms with Crippen LogP contribution in [0.1, 0.15) is 18.9 Å². The normalized spacial score (nSPS) is 12.9. The second-order valence-corrected chi connectivity index (χ2v) is 3.86. The molecule has 0 amide bonds. The highest BCUT2D eigenvalue weighted by molar-refractivity contribution is 6.31. The Morgan fingerprint density at radius 2 is 2.21 bits per heavy atom. The van der Waals surface area contributed by atoms with E-state index >= 15 is 0 Å². The van der Waals surface area contributed by atoms with E-state index in [1.165, 1.54) is 12.1 Å². The zero-order valence-electron chi connectivity index (χ0n) is 8.26. The van der Waals surface area contributed by atoms with Crippen LogP contribution in [-0.2, 0) is 6.42 Å². The average molecular weight is 216 g/mol. The van der Waals surface area contributed by atoms with Crippen molar-refractivity contribution in [3.8, 4) is 0 Å². The van der Waals surface area contributed by atoms with Gasteiger partial charge in [-0.25, -0.2) is 4.39 Å². The molecular weight excluding hydrogens is 201 g/mol. The van der Waals surface area contributed by atoms with E-state index in [0.717, 1.165) is 18.4 Å². The lowest BCUT2D eigenvalue weighted by Gasteiger charge is -2.12. The molecule has 3 heteroatoms. The Morgan fingerprint density at radius 3 is 2.79 bits per heavy atom. The van der Waals surface area contributed by atoms with Crippen molar-refractivity contribution in [1.82, 2.24) is 0 Å². The molecule has 0 radical (unpaired) electrons. The van der Waals surface area contributed by atoms with Crippen LogP contribution in [0, 0.1) is 11.7 Å². The predicted molar refractivity (Wildman–Crippen MR) is 57.9 cm³/mol. The molecule has 0 saturated carbocycles. The van der Waals surface area contributed by atoms with Gasteiger partial charge in [-0.3, -0.25) is 0 Å². The van der Waals surface area contributed by atoms with E-state index in [0.29, 0.717) is 17.5 Å². The molecule has 0 bridgehead atoms. The summed E-state index contributed by atoms with van der Waals surface area (Å²) in [7, 11) is 0. The first-order valence-corrected chi connectivity index (χ1v) is 5.19. The minimum Gasteiger partial charge on any atom is -0.330 e. The molecule has 0 fully saturated rings. The van der Waals surface area contributed by atoms with Crippen molar-refractivity contribution in [3.63, 3.8) is 0 Å². The largest absolute Gasteiger partial charge is 0.330 e.